The van der Waals surface area contributed by atoms with E-state index in [1.165, 1.54) is 0 Å². The number of sulfonamides is 1. The summed E-state index contributed by atoms with van der Waals surface area (Å²) >= 11 is 0. The molecule has 1 amide bonds. The average Bonchev–Trinajstić information content (AvgIpc) is 3.07. The van der Waals surface area contributed by atoms with Gasteiger partial charge in [-0.2, -0.15) is 0 Å². The number of carbonyl (C=O) groups is 1. The van der Waals surface area contributed by atoms with Crippen molar-refractivity contribution in [2.24, 2.45) is 5.92 Å². The minimum atomic E-state index is -3.39. The van der Waals surface area contributed by atoms with Crippen LogP contribution in [0.1, 0.15) is 25.8 Å². The van der Waals surface area contributed by atoms with Gasteiger partial charge in [0, 0.05) is 12.6 Å². The number of nitrogens with one attached hydrogen (secondary N) is 1. The summed E-state index contributed by atoms with van der Waals surface area (Å²) < 4.78 is 31.9. The van der Waals surface area contributed by atoms with Crippen LogP contribution in [0, 0.1) is 5.92 Å². The summed E-state index contributed by atoms with van der Waals surface area (Å²) in [6.07, 6.45) is 1.88. The van der Waals surface area contributed by atoms with E-state index >= 15 is 0 Å². The number of benzene rings is 2. The predicted molar refractivity (Wildman–Crippen MR) is 119 cm³/mol. The van der Waals surface area contributed by atoms with E-state index in [0.717, 1.165) is 22.9 Å². The Hall–Kier alpha value is -2.38. The normalized spacial score (nSPS) is 19.3. The topological polar surface area (TPSA) is 75.7 Å². The molecule has 0 radical (unpaired) electrons. The molecule has 2 atom stereocenters. The van der Waals surface area contributed by atoms with Gasteiger partial charge in [-0.15, -0.1) is 0 Å². The number of likely N-dealkylation sites (tertiary alicyclic amines) is 1. The number of nitrogens with zero attached hydrogens (tertiary/aromatic N) is 1. The lowest BCUT2D eigenvalue weighted by atomic mass is 9.97. The fourth-order valence-corrected chi connectivity index (χ4v) is 4.64. The van der Waals surface area contributed by atoms with Crippen LogP contribution in [0.25, 0.3) is 11.1 Å². The van der Waals surface area contributed by atoms with Crippen molar-refractivity contribution in [3.8, 4) is 11.1 Å². The van der Waals surface area contributed by atoms with Gasteiger partial charge in [-0.05, 0) is 35.4 Å². The standard InChI is InChI=1S/C23H30N2O4S/c1-17(2)16-29-23(26)25-13-12-21(24-30(3,27)28)22(25)15-18-8-7-11-20(14-18)19-9-5-4-6-10-19/h4-11,14,17,21-22,24H,12-13,15-16H2,1-3H3/t21-,22-/m0/s1. The first-order valence-corrected chi connectivity index (χ1v) is 12.2. The second kappa shape index (κ2) is 9.62. The Bertz CT molecular complexity index is 960. The van der Waals surface area contributed by atoms with Crippen molar-refractivity contribution in [1.82, 2.24) is 9.62 Å². The summed E-state index contributed by atoms with van der Waals surface area (Å²) in [7, 11) is -3.39. The average molecular weight is 431 g/mol. The largest absolute Gasteiger partial charge is 0.449 e. The van der Waals surface area contributed by atoms with Crippen LogP contribution >= 0.6 is 0 Å². The van der Waals surface area contributed by atoms with Crippen LogP contribution < -0.4 is 4.72 Å². The lowest BCUT2D eigenvalue weighted by Gasteiger charge is -2.28. The van der Waals surface area contributed by atoms with Crippen molar-refractivity contribution in [3.63, 3.8) is 0 Å². The van der Waals surface area contributed by atoms with Crippen LogP contribution in [0.15, 0.2) is 54.6 Å². The molecule has 1 heterocycles. The smallest absolute Gasteiger partial charge is 0.410 e. The third-order valence-corrected chi connectivity index (χ3v) is 5.90. The summed E-state index contributed by atoms with van der Waals surface area (Å²) in [5, 5.41) is 0. The first-order valence-electron chi connectivity index (χ1n) is 10.3. The molecule has 1 aliphatic rings. The third-order valence-electron chi connectivity index (χ3n) is 5.16. The SMILES string of the molecule is CC(C)COC(=O)N1CC[C@H](NS(C)(=O)=O)[C@@H]1Cc1cccc(-c2ccccc2)c1. The number of ether oxygens (including phenoxy) is 1. The van der Waals surface area contributed by atoms with E-state index in [1.807, 2.05) is 50.2 Å². The van der Waals surface area contributed by atoms with Gasteiger partial charge < -0.3 is 9.64 Å². The first kappa shape index (κ1) is 22.3. The van der Waals surface area contributed by atoms with Crippen LogP contribution in [0.2, 0.25) is 0 Å². The Labute approximate surface area is 179 Å². The molecule has 7 heteroatoms. The molecule has 1 saturated heterocycles. The van der Waals surface area contributed by atoms with Crippen molar-refractivity contribution >= 4 is 16.1 Å². The van der Waals surface area contributed by atoms with E-state index in [0.29, 0.717) is 26.0 Å². The maximum atomic E-state index is 12.7. The summed E-state index contributed by atoms with van der Waals surface area (Å²) in [6, 6.07) is 17.6. The van der Waals surface area contributed by atoms with Crippen LogP contribution in [0.3, 0.4) is 0 Å². The fourth-order valence-electron chi connectivity index (χ4n) is 3.82. The zero-order chi connectivity index (χ0) is 21.7. The van der Waals surface area contributed by atoms with E-state index in [-0.39, 0.29) is 24.1 Å². The highest BCUT2D eigenvalue weighted by Gasteiger charge is 2.39. The van der Waals surface area contributed by atoms with Crippen LogP contribution in [-0.4, -0.2) is 50.9 Å². The molecule has 0 bridgehead atoms. The van der Waals surface area contributed by atoms with Crippen molar-refractivity contribution in [3.05, 3.63) is 60.2 Å². The summed E-state index contributed by atoms with van der Waals surface area (Å²) in [6.45, 7) is 4.78. The maximum absolute atomic E-state index is 12.7. The molecule has 162 valence electrons. The van der Waals surface area contributed by atoms with Crippen LogP contribution in [-0.2, 0) is 21.2 Å². The van der Waals surface area contributed by atoms with Crippen LogP contribution in [0.5, 0.6) is 0 Å². The molecule has 0 unspecified atom stereocenters. The highest BCUT2D eigenvalue weighted by Crippen LogP contribution is 2.26. The van der Waals surface area contributed by atoms with Crippen molar-refractivity contribution in [1.29, 1.82) is 0 Å². The number of carbonyl (C=O) groups excluding carboxylic acids is 1. The molecule has 3 rings (SSSR count). The van der Waals surface area contributed by atoms with E-state index in [2.05, 4.69) is 22.9 Å². The second-order valence-electron chi connectivity index (χ2n) is 8.29. The number of hydrogen-bond acceptors (Lipinski definition) is 4. The summed E-state index contributed by atoms with van der Waals surface area (Å²) in [4.78, 5) is 14.3. The number of hydrogen-bond donors (Lipinski definition) is 1. The summed E-state index contributed by atoms with van der Waals surface area (Å²) in [5.41, 5.74) is 3.25. The van der Waals surface area contributed by atoms with Gasteiger partial charge in [0.05, 0.1) is 18.9 Å². The predicted octanol–water partition coefficient (Wildman–Crippen LogP) is 3.68. The van der Waals surface area contributed by atoms with Gasteiger partial charge in [0.1, 0.15) is 0 Å². The maximum Gasteiger partial charge on any atom is 0.410 e. The monoisotopic (exact) mass is 430 g/mol. The fraction of sp³-hybridized carbons (Fsp3) is 0.435. The van der Waals surface area contributed by atoms with Crippen molar-refractivity contribution in [2.45, 2.75) is 38.8 Å². The van der Waals surface area contributed by atoms with E-state index in [4.69, 9.17) is 4.74 Å². The lowest BCUT2D eigenvalue weighted by Crippen LogP contribution is -2.47. The minimum absolute atomic E-state index is 0.238. The van der Waals surface area contributed by atoms with Gasteiger partial charge in [-0.1, -0.05) is 68.4 Å². The number of amides is 1. The van der Waals surface area contributed by atoms with E-state index < -0.39 is 10.0 Å². The van der Waals surface area contributed by atoms with Crippen LogP contribution in [0.4, 0.5) is 4.79 Å². The Kier molecular flexibility index (Phi) is 7.15. The quantitative estimate of drug-likeness (QED) is 0.727. The molecule has 6 nitrogen and oxygen atoms in total. The Morgan fingerprint density at radius 3 is 2.50 bits per heavy atom. The number of rotatable bonds is 7. The minimum Gasteiger partial charge on any atom is -0.449 e. The van der Waals surface area contributed by atoms with Gasteiger partial charge in [-0.3, -0.25) is 0 Å². The Morgan fingerprint density at radius 2 is 1.83 bits per heavy atom. The molecule has 0 saturated carbocycles. The molecule has 2 aromatic rings. The van der Waals surface area contributed by atoms with Gasteiger partial charge in [0.25, 0.3) is 0 Å². The molecule has 30 heavy (non-hydrogen) atoms. The Morgan fingerprint density at radius 1 is 1.13 bits per heavy atom. The Balaban J connectivity index is 1.83. The van der Waals surface area contributed by atoms with Gasteiger partial charge in [0.15, 0.2) is 0 Å². The van der Waals surface area contributed by atoms with Gasteiger partial charge in [-0.25, -0.2) is 17.9 Å². The van der Waals surface area contributed by atoms with Crippen molar-refractivity contribution < 1.29 is 17.9 Å². The highest BCUT2D eigenvalue weighted by atomic mass is 32.2. The zero-order valence-electron chi connectivity index (χ0n) is 17.7. The van der Waals surface area contributed by atoms with Gasteiger partial charge >= 0.3 is 6.09 Å². The molecule has 0 spiro atoms. The second-order valence-corrected chi connectivity index (χ2v) is 10.1. The first-order chi connectivity index (χ1) is 14.2. The molecule has 0 aliphatic carbocycles. The van der Waals surface area contributed by atoms with Crippen molar-refractivity contribution in [2.75, 3.05) is 19.4 Å². The zero-order valence-corrected chi connectivity index (χ0v) is 18.6. The molecular formula is C23H30N2O4S. The molecule has 0 aromatic heterocycles. The molecule has 1 fully saturated rings. The lowest BCUT2D eigenvalue weighted by molar-refractivity contribution is 0.0866. The molecular weight excluding hydrogens is 400 g/mol. The highest BCUT2D eigenvalue weighted by molar-refractivity contribution is 7.88. The summed E-state index contributed by atoms with van der Waals surface area (Å²) in [5.74, 6) is 0.238. The van der Waals surface area contributed by atoms with Gasteiger partial charge in [0.2, 0.25) is 10.0 Å². The third kappa shape index (κ3) is 6.06. The molecule has 2 aromatic carbocycles. The molecule has 1 aliphatic heterocycles. The molecule has 1 N–H and O–H groups in total. The van der Waals surface area contributed by atoms with E-state index in [1.54, 1.807) is 4.90 Å². The van der Waals surface area contributed by atoms with E-state index in [9.17, 15) is 13.2 Å².